The quantitative estimate of drug-likeness (QED) is 0.792. The molecule has 4 nitrogen and oxygen atoms in total. The van der Waals surface area contributed by atoms with E-state index in [1.54, 1.807) is 25.6 Å². The van der Waals surface area contributed by atoms with E-state index in [1.807, 2.05) is 23.1 Å². The third-order valence-electron chi connectivity index (χ3n) is 4.54. The summed E-state index contributed by atoms with van der Waals surface area (Å²) in [6.07, 6.45) is 3.30. The van der Waals surface area contributed by atoms with Crippen LogP contribution < -0.4 is 9.47 Å². The Bertz CT molecular complexity index is 684. The lowest BCUT2D eigenvalue weighted by atomic mass is 10.1. The highest BCUT2D eigenvalue weighted by Crippen LogP contribution is 2.36. The second kappa shape index (κ2) is 7.71. The van der Waals surface area contributed by atoms with Crippen molar-refractivity contribution >= 4 is 17.2 Å². The van der Waals surface area contributed by atoms with E-state index < -0.39 is 0 Å². The standard InChI is InChI=1S/C19H23NO3S/c1-22-16-8-3-6-14(19(16)23-2)10-11-18(21)20-12-4-7-15(20)17-9-5-13-24-17/h3,5-6,8-9,13,15H,4,7,10-12H2,1-2H3/t15-/m0/s1. The Balaban J connectivity index is 1.68. The predicted molar refractivity (Wildman–Crippen MR) is 95.9 cm³/mol. The molecular formula is C19H23NO3S. The summed E-state index contributed by atoms with van der Waals surface area (Å²) >= 11 is 1.74. The van der Waals surface area contributed by atoms with Crippen molar-refractivity contribution < 1.29 is 14.3 Å². The molecule has 24 heavy (non-hydrogen) atoms. The molecule has 0 unspecified atom stereocenters. The molecule has 128 valence electrons. The fourth-order valence-corrected chi connectivity index (χ4v) is 4.25. The van der Waals surface area contributed by atoms with Gasteiger partial charge in [-0.05, 0) is 42.3 Å². The third kappa shape index (κ3) is 3.41. The molecule has 0 saturated carbocycles. The highest BCUT2D eigenvalue weighted by atomic mass is 32.1. The minimum atomic E-state index is 0.218. The van der Waals surface area contributed by atoms with E-state index in [9.17, 15) is 4.79 Å². The Hall–Kier alpha value is -2.01. The van der Waals surface area contributed by atoms with Gasteiger partial charge in [0.15, 0.2) is 11.5 Å². The van der Waals surface area contributed by atoms with Crippen molar-refractivity contribution in [1.82, 2.24) is 4.90 Å². The van der Waals surface area contributed by atoms with E-state index >= 15 is 0 Å². The number of carbonyl (C=O) groups excluding carboxylic acids is 1. The van der Waals surface area contributed by atoms with Crippen molar-refractivity contribution in [1.29, 1.82) is 0 Å². The molecule has 0 radical (unpaired) electrons. The van der Waals surface area contributed by atoms with Crippen LogP contribution in [0.2, 0.25) is 0 Å². The maximum Gasteiger partial charge on any atom is 0.223 e. The van der Waals surface area contributed by atoms with Crippen LogP contribution in [0, 0.1) is 0 Å². The van der Waals surface area contributed by atoms with Crippen LogP contribution in [0.5, 0.6) is 11.5 Å². The zero-order valence-electron chi connectivity index (χ0n) is 14.2. The molecule has 2 heterocycles. The van der Waals surface area contributed by atoms with Crippen molar-refractivity contribution in [3.63, 3.8) is 0 Å². The first-order valence-corrected chi connectivity index (χ1v) is 9.15. The van der Waals surface area contributed by atoms with Crippen LogP contribution in [-0.4, -0.2) is 31.6 Å². The second-order valence-electron chi connectivity index (χ2n) is 5.91. The van der Waals surface area contributed by atoms with Gasteiger partial charge in [-0.1, -0.05) is 18.2 Å². The maximum atomic E-state index is 12.7. The first-order chi connectivity index (χ1) is 11.7. The van der Waals surface area contributed by atoms with Crippen molar-refractivity contribution in [3.8, 4) is 11.5 Å². The molecule has 1 aliphatic heterocycles. The molecule has 1 fully saturated rings. The van der Waals surface area contributed by atoms with Gasteiger partial charge in [0.25, 0.3) is 0 Å². The van der Waals surface area contributed by atoms with E-state index in [1.165, 1.54) is 4.88 Å². The monoisotopic (exact) mass is 345 g/mol. The van der Waals surface area contributed by atoms with E-state index in [4.69, 9.17) is 9.47 Å². The van der Waals surface area contributed by atoms with Gasteiger partial charge in [0.05, 0.1) is 20.3 Å². The van der Waals surface area contributed by atoms with Crippen molar-refractivity contribution in [2.24, 2.45) is 0 Å². The normalized spacial score (nSPS) is 17.1. The molecular weight excluding hydrogens is 322 g/mol. The second-order valence-corrected chi connectivity index (χ2v) is 6.89. The summed E-state index contributed by atoms with van der Waals surface area (Å²) in [6.45, 7) is 0.858. The highest BCUT2D eigenvalue weighted by Gasteiger charge is 2.30. The number of likely N-dealkylation sites (tertiary alicyclic amines) is 1. The zero-order valence-corrected chi connectivity index (χ0v) is 15.0. The van der Waals surface area contributed by atoms with Crippen molar-refractivity contribution in [3.05, 3.63) is 46.2 Å². The number of aryl methyl sites for hydroxylation is 1. The summed E-state index contributed by atoms with van der Waals surface area (Å²) < 4.78 is 10.8. The Labute approximate surface area is 147 Å². The fourth-order valence-electron chi connectivity index (χ4n) is 3.38. The number of hydrogen-bond donors (Lipinski definition) is 0. The topological polar surface area (TPSA) is 38.8 Å². The number of thiophene rings is 1. The Morgan fingerprint density at radius 2 is 2.12 bits per heavy atom. The molecule has 0 N–H and O–H groups in total. The van der Waals surface area contributed by atoms with Gasteiger partial charge >= 0.3 is 0 Å². The smallest absolute Gasteiger partial charge is 0.223 e. The minimum Gasteiger partial charge on any atom is -0.493 e. The van der Waals surface area contributed by atoms with Gasteiger partial charge in [0.1, 0.15) is 0 Å². The number of amides is 1. The number of nitrogens with zero attached hydrogens (tertiary/aromatic N) is 1. The lowest BCUT2D eigenvalue weighted by molar-refractivity contribution is -0.132. The number of rotatable bonds is 6. The summed E-state index contributed by atoms with van der Waals surface area (Å²) in [5.41, 5.74) is 1.01. The minimum absolute atomic E-state index is 0.218. The van der Waals surface area contributed by atoms with Crippen LogP contribution in [0.1, 0.15) is 35.7 Å². The van der Waals surface area contributed by atoms with Crippen LogP contribution in [-0.2, 0) is 11.2 Å². The van der Waals surface area contributed by atoms with E-state index in [-0.39, 0.29) is 11.9 Å². The molecule has 5 heteroatoms. The molecule has 1 aromatic heterocycles. The maximum absolute atomic E-state index is 12.7. The molecule has 0 bridgehead atoms. The first kappa shape index (κ1) is 16.8. The van der Waals surface area contributed by atoms with Crippen molar-refractivity contribution in [2.45, 2.75) is 31.7 Å². The van der Waals surface area contributed by atoms with Gasteiger partial charge in [-0.3, -0.25) is 4.79 Å². The fraction of sp³-hybridized carbons (Fsp3) is 0.421. The molecule has 1 aliphatic rings. The largest absolute Gasteiger partial charge is 0.493 e. The van der Waals surface area contributed by atoms with E-state index in [0.717, 1.165) is 30.7 Å². The number of benzene rings is 1. The lowest BCUT2D eigenvalue weighted by Crippen LogP contribution is -2.30. The van der Waals surface area contributed by atoms with Crippen LogP contribution in [0.4, 0.5) is 0 Å². The average molecular weight is 345 g/mol. The Kier molecular flexibility index (Phi) is 5.41. The summed E-state index contributed by atoms with van der Waals surface area (Å²) in [4.78, 5) is 16.1. The van der Waals surface area contributed by atoms with Gasteiger partial charge in [0.2, 0.25) is 5.91 Å². The highest BCUT2D eigenvalue weighted by molar-refractivity contribution is 7.10. The molecule has 1 saturated heterocycles. The van der Waals surface area contributed by atoms with Gasteiger partial charge in [-0.15, -0.1) is 11.3 Å². The number of ether oxygens (including phenoxy) is 2. The summed E-state index contributed by atoms with van der Waals surface area (Å²) in [5.74, 6) is 1.65. The molecule has 1 amide bonds. The van der Waals surface area contributed by atoms with Crippen molar-refractivity contribution in [2.75, 3.05) is 20.8 Å². The van der Waals surface area contributed by atoms with E-state index in [2.05, 4.69) is 17.5 Å². The van der Waals surface area contributed by atoms with Gasteiger partial charge in [-0.2, -0.15) is 0 Å². The average Bonchev–Trinajstić information content (AvgIpc) is 3.29. The first-order valence-electron chi connectivity index (χ1n) is 8.27. The molecule has 0 aliphatic carbocycles. The summed E-state index contributed by atoms with van der Waals surface area (Å²) in [5, 5.41) is 2.08. The van der Waals surface area contributed by atoms with Gasteiger partial charge in [0, 0.05) is 17.8 Å². The van der Waals surface area contributed by atoms with Crippen LogP contribution in [0.25, 0.3) is 0 Å². The third-order valence-corrected chi connectivity index (χ3v) is 5.51. The zero-order chi connectivity index (χ0) is 16.9. The molecule has 1 atom stereocenters. The Morgan fingerprint density at radius 1 is 1.25 bits per heavy atom. The van der Waals surface area contributed by atoms with Gasteiger partial charge in [-0.25, -0.2) is 0 Å². The molecule has 3 rings (SSSR count). The predicted octanol–water partition coefficient (Wildman–Crippen LogP) is 4.06. The summed E-state index contributed by atoms with van der Waals surface area (Å²) in [7, 11) is 3.26. The number of methoxy groups -OCH3 is 2. The van der Waals surface area contributed by atoms with Gasteiger partial charge < -0.3 is 14.4 Å². The molecule has 2 aromatic rings. The van der Waals surface area contributed by atoms with E-state index in [0.29, 0.717) is 18.6 Å². The number of carbonyl (C=O) groups is 1. The molecule has 0 spiro atoms. The Morgan fingerprint density at radius 3 is 2.83 bits per heavy atom. The van der Waals surface area contributed by atoms with Crippen LogP contribution in [0.15, 0.2) is 35.7 Å². The van der Waals surface area contributed by atoms with Crippen LogP contribution in [0.3, 0.4) is 0 Å². The number of hydrogen-bond acceptors (Lipinski definition) is 4. The SMILES string of the molecule is COc1cccc(CCC(=O)N2CCC[C@H]2c2cccs2)c1OC. The molecule has 1 aromatic carbocycles. The summed E-state index contributed by atoms with van der Waals surface area (Å²) in [6, 6.07) is 10.2. The van der Waals surface area contributed by atoms with Crippen LogP contribution >= 0.6 is 11.3 Å². The lowest BCUT2D eigenvalue weighted by Gasteiger charge is -2.24. The number of para-hydroxylation sites is 1.